The van der Waals surface area contributed by atoms with Crippen molar-refractivity contribution in [2.24, 2.45) is 5.73 Å². The molecule has 5 N–H and O–H groups in total. The van der Waals surface area contributed by atoms with Crippen LogP contribution in [0.1, 0.15) is 37.3 Å². The molecule has 0 radical (unpaired) electrons. The largest absolute Gasteiger partial charge is 0.389 e. The zero-order valence-electron chi connectivity index (χ0n) is 21.3. The Morgan fingerprint density at radius 3 is 2.62 bits per heavy atom. The van der Waals surface area contributed by atoms with Crippen LogP contribution in [0.25, 0.3) is 0 Å². The quantitative estimate of drug-likeness (QED) is 0.288. The molecule has 0 saturated carbocycles. The summed E-state index contributed by atoms with van der Waals surface area (Å²) >= 11 is 0. The molecule has 2 aromatic carbocycles. The predicted octanol–water partition coefficient (Wildman–Crippen LogP) is 2.06. The first-order valence-electron chi connectivity index (χ1n) is 12.6. The van der Waals surface area contributed by atoms with Crippen LogP contribution in [0.15, 0.2) is 42.5 Å². The first-order valence-corrected chi connectivity index (χ1v) is 12.6. The molecule has 9 heteroatoms. The van der Waals surface area contributed by atoms with E-state index in [0.29, 0.717) is 63.4 Å². The number of anilines is 2. The Hall–Kier alpha value is -3.61. The number of amides is 2. The third kappa shape index (κ3) is 9.08. The van der Waals surface area contributed by atoms with Crippen molar-refractivity contribution < 1.29 is 19.1 Å². The van der Waals surface area contributed by atoms with E-state index in [1.165, 1.54) is 13.0 Å². The molecular formula is C28H36FN5O3. The Morgan fingerprint density at radius 2 is 1.92 bits per heavy atom. The number of nitrogens with one attached hydrogen (secondary N) is 2. The number of aliphatic hydroxyl groups is 1. The number of hydrogen-bond donors (Lipinski definition) is 4. The standard InChI is InChI=1S/C28H36FN5O3/c1-21(35)31-19-25(36)20-32-24-10-11-27(26(29)17-24)33-12-14-34(15-13-33)28(37)9-4-2-3-6-22-7-5-8-23(16-22)18-30/h5,7-8,10-11,16-17,25,32,36H,2,4,9,12-15,18-20,30H2,1H3,(H,31,35). The zero-order valence-corrected chi connectivity index (χ0v) is 21.3. The van der Waals surface area contributed by atoms with Crippen molar-refractivity contribution in [2.75, 3.05) is 49.5 Å². The molecule has 1 atom stereocenters. The van der Waals surface area contributed by atoms with Crippen LogP contribution in [0.4, 0.5) is 15.8 Å². The molecule has 1 aliphatic rings. The number of aliphatic hydroxyl groups excluding tert-OH is 1. The maximum Gasteiger partial charge on any atom is 0.222 e. The predicted molar refractivity (Wildman–Crippen MR) is 143 cm³/mol. The van der Waals surface area contributed by atoms with E-state index in [0.717, 1.165) is 11.1 Å². The molecule has 0 aliphatic carbocycles. The van der Waals surface area contributed by atoms with Crippen molar-refractivity contribution in [3.8, 4) is 11.8 Å². The Bertz CT molecular complexity index is 1120. The Balaban J connectivity index is 1.39. The van der Waals surface area contributed by atoms with Crippen LogP contribution in [0.2, 0.25) is 0 Å². The van der Waals surface area contributed by atoms with Crippen LogP contribution in [0.5, 0.6) is 0 Å². The van der Waals surface area contributed by atoms with E-state index in [9.17, 15) is 19.1 Å². The van der Waals surface area contributed by atoms with Crippen LogP contribution >= 0.6 is 0 Å². The Morgan fingerprint density at radius 1 is 1.14 bits per heavy atom. The molecular weight excluding hydrogens is 473 g/mol. The summed E-state index contributed by atoms with van der Waals surface area (Å²) in [5.41, 5.74) is 8.67. The SMILES string of the molecule is CC(=O)NCC(O)CNc1ccc(N2CCN(C(=O)CCCC#Cc3cccc(CN)c3)CC2)c(F)c1. The number of unbranched alkanes of at least 4 members (excludes halogenated alkanes) is 1. The number of piperazine rings is 1. The molecule has 2 aromatic rings. The minimum Gasteiger partial charge on any atom is -0.389 e. The van der Waals surface area contributed by atoms with Crippen LogP contribution < -0.4 is 21.3 Å². The van der Waals surface area contributed by atoms with Gasteiger partial charge in [0.2, 0.25) is 11.8 Å². The molecule has 1 heterocycles. The third-order valence-corrected chi connectivity index (χ3v) is 6.14. The van der Waals surface area contributed by atoms with E-state index in [1.54, 1.807) is 12.1 Å². The number of hydrogen-bond acceptors (Lipinski definition) is 6. The lowest BCUT2D eigenvalue weighted by Crippen LogP contribution is -2.49. The number of halogens is 1. The molecule has 3 rings (SSSR count). The van der Waals surface area contributed by atoms with Crippen LogP contribution in [0.3, 0.4) is 0 Å². The number of rotatable bonds is 10. The van der Waals surface area contributed by atoms with Gasteiger partial charge in [0.25, 0.3) is 0 Å². The fourth-order valence-corrected chi connectivity index (χ4v) is 4.07. The van der Waals surface area contributed by atoms with Gasteiger partial charge in [0, 0.05) is 76.8 Å². The summed E-state index contributed by atoms with van der Waals surface area (Å²) < 4.78 is 14.8. The molecule has 8 nitrogen and oxygen atoms in total. The van der Waals surface area contributed by atoms with E-state index in [-0.39, 0.29) is 30.7 Å². The lowest BCUT2D eigenvalue weighted by molar-refractivity contribution is -0.131. The van der Waals surface area contributed by atoms with Gasteiger partial charge in [-0.2, -0.15) is 0 Å². The van der Waals surface area contributed by atoms with Crippen LogP contribution in [-0.4, -0.2) is 67.2 Å². The minimum atomic E-state index is -0.780. The molecule has 1 aliphatic heterocycles. The first-order chi connectivity index (χ1) is 17.9. The summed E-state index contributed by atoms with van der Waals surface area (Å²) in [5.74, 6) is 5.77. The van der Waals surface area contributed by atoms with Gasteiger partial charge in [0.05, 0.1) is 11.8 Å². The van der Waals surface area contributed by atoms with Gasteiger partial charge < -0.3 is 31.3 Å². The average Bonchev–Trinajstić information content (AvgIpc) is 2.90. The molecule has 1 unspecified atom stereocenters. The second-order valence-corrected chi connectivity index (χ2v) is 9.07. The van der Waals surface area contributed by atoms with Gasteiger partial charge in [-0.25, -0.2) is 4.39 Å². The van der Waals surface area contributed by atoms with Gasteiger partial charge in [-0.1, -0.05) is 24.0 Å². The highest BCUT2D eigenvalue weighted by Crippen LogP contribution is 2.24. The summed E-state index contributed by atoms with van der Waals surface area (Å²) in [6.45, 7) is 4.39. The first kappa shape index (κ1) is 28.0. The number of nitrogens with zero attached hydrogens (tertiary/aromatic N) is 2. The van der Waals surface area contributed by atoms with Crippen molar-refractivity contribution in [2.45, 2.75) is 38.8 Å². The molecule has 37 heavy (non-hydrogen) atoms. The number of carbonyl (C=O) groups is 2. The third-order valence-electron chi connectivity index (χ3n) is 6.14. The monoisotopic (exact) mass is 509 g/mol. The summed E-state index contributed by atoms with van der Waals surface area (Å²) in [5, 5.41) is 15.4. The Labute approximate surface area is 218 Å². The highest BCUT2D eigenvalue weighted by atomic mass is 19.1. The normalized spacial score (nSPS) is 13.9. The second kappa shape index (κ2) is 14.2. The van der Waals surface area contributed by atoms with Crippen LogP contribution in [0, 0.1) is 17.7 Å². The molecule has 1 fully saturated rings. The topological polar surface area (TPSA) is 111 Å². The van der Waals surface area contributed by atoms with Crippen molar-refractivity contribution in [1.82, 2.24) is 10.2 Å². The zero-order chi connectivity index (χ0) is 26.6. The highest BCUT2D eigenvalue weighted by Gasteiger charge is 2.22. The summed E-state index contributed by atoms with van der Waals surface area (Å²) in [7, 11) is 0. The lowest BCUT2D eigenvalue weighted by Gasteiger charge is -2.36. The van der Waals surface area contributed by atoms with E-state index < -0.39 is 6.10 Å². The fraction of sp³-hybridized carbons (Fsp3) is 0.429. The molecule has 0 aromatic heterocycles. The van der Waals surface area contributed by atoms with Crippen molar-refractivity contribution in [3.05, 3.63) is 59.4 Å². The average molecular weight is 510 g/mol. The number of nitrogens with two attached hydrogens (primary N) is 1. The van der Waals surface area contributed by atoms with Crippen molar-refractivity contribution >= 4 is 23.2 Å². The molecule has 1 saturated heterocycles. The molecule has 0 bridgehead atoms. The summed E-state index contributed by atoms with van der Waals surface area (Å²) in [4.78, 5) is 27.3. The van der Waals surface area contributed by atoms with E-state index in [2.05, 4.69) is 22.5 Å². The lowest BCUT2D eigenvalue weighted by atomic mass is 10.1. The minimum absolute atomic E-state index is 0.101. The maximum absolute atomic E-state index is 14.8. The van der Waals surface area contributed by atoms with Crippen LogP contribution in [-0.2, 0) is 16.1 Å². The second-order valence-electron chi connectivity index (χ2n) is 9.07. The van der Waals surface area contributed by atoms with E-state index >= 15 is 0 Å². The van der Waals surface area contributed by atoms with E-state index in [4.69, 9.17) is 5.73 Å². The summed E-state index contributed by atoms with van der Waals surface area (Å²) in [6, 6.07) is 12.7. The maximum atomic E-state index is 14.8. The van der Waals surface area contributed by atoms with Gasteiger partial charge in [0.1, 0.15) is 5.82 Å². The van der Waals surface area contributed by atoms with Gasteiger partial charge in [0.15, 0.2) is 0 Å². The summed E-state index contributed by atoms with van der Waals surface area (Å²) in [6.07, 6.45) is 1.01. The van der Waals surface area contributed by atoms with Crippen molar-refractivity contribution in [1.29, 1.82) is 0 Å². The fourth-order valence-electron chi connectivity index (χ4n) is 4.07. The van der Waals surface area contributed by atoms with Gasteiger partial charge in [-0.05, 0) is 42.3 Å². The smallest absolute Gasteiger partial charge is 0.222 e. The van der Waals surface area contributed by atoms with E-state index in [1.807, 2.05) is 34.1 Å². The van der Waals surface area contributed by atoms with Gasteiger partial charge in [-0.3, -0.25) is 9.59 Å². The van der Waals surface area contributed by atoms with Gasteiger partial charge in [-0.15, -0.1) is 0 Å². The molecule has 198 valence electrons. The Kier molecular flexibility index (Phi) is 10.7. The van der Waals surface area contributed by atoms with Crippen molar-refractivity contribution in [3.63, 3.8) is 0 Å². The molecule has 2 amide bonds. The highest BCUT2D eigenvalue weighted by molar-refractivity contribution is 5.76. The van der Waals surface area contributed by atoms with Gasteiger partial charge >= 0.3 is 0 Å². The molecule has 0 spiro atoms. The number of carbonyl (C=O) groups excluding carboxylic acids is 2. The number of benzene rings is 2.